The molecule has 0 bridgehead atoms. The Morgan fingerprint density at radius 3 is 2.73 bits per heavy atom. The lowest BCUT2D eigenvalue weighted by Crippen LogP contribution is -1.97. The molecule has 0 spiro atoms. The first-order valence-electron chi connectivity index (χ1n) is 4.05. The van der Waals surface area contributed by atoms with Gasteiger partial charge in [-0.1, -0.05) is 31.9 Å². The van der Waals surface area contributed by atoms with Gasteiger partial charge in [-0.3, -0.25) is 4.79 Å². The molecule has 0 aliphatic carbocycles. The van der Waals surface area contributed by atoms with E-state index in [2.05, 4.69) is 6.92 Å². The average Bonchev–Trinajstić information content (AvgIpc) is 1.96. The molecule has 0 aromatic heterocycles. The third-order valence-corrected chi connectivity index (χ3v) is 1.27. The second-order valence-corrected chi connectivity index (χ2v) is 2.42. The van der Waals surface area contributed by atoms with E-state index in [1.807, 2.05) is 12.2 Å². The summed E-state index contributed by atoms with van der Waals surface area (Å²) in [7, 11) is 0. The van der Waals surface area contributed by atoms with E-state index in [1.54, 1.807) is 0 Å². The number of ether oxygens (including phenoxy) is 1. The minimum absolute atomic E-state index is 0.217. The molecule has 0 N–H and O–H groups in total. The quantitative estimate of drug-likeness (QED) is 0.347. The average molecular weight is 156 g/mol. The maximum absolute atomic E-state index is 10.3. The van der Waals surface area contributed by atoms with Crippen LogP contribution >= 0.6 is 0 Å². The topological polar surface area (TPSA) is 26.3 Å². The van der Waals surface area contributed by atoms with Crippen LogP contribution in [0.1, 0.15) is 33.1 Å². The molecule has 0 aromatic rings. The Morgan fingerprint density at radius 1 is 1.45 bits per heavy atom. The fourth-order valence-corrected chi connectivity index (χ4v) is 0.673. The van der Waals surface area contributed by atoms with Gasteiger partial charge in [-0.2, -0.15) is 0 Å². The molecule has 0 radical (unpaired) electrons. The molecular formula is C9H16O2. The highest BCUT2D eigenvalue weighted by molar-refractivity contribution is 5.65. The molecule has 0 atom stereocenters. The van der Waals surface area contributed by atoms with E-state index in [1.165, 1.54) is 19.8 Å². The number of hydrogen-bond donors (Lipinski definition) is 0. The van der Waals surface area contributed by atoms with Crippen molar-refractivity contribution in [1.29, 1.82) is 0 Å². The summed E-state index contributed by atoms with van der Waals surface area (Å²) in [5, 5.41) is 0. The zero-order chi connectivity index (χ0) is 8.53. The van der Waals surface area contributed by atoms with Gasteiger partial charge in [0.1, 0.15) is 6.61 Å². The maximum Gasteiger partial charge on any atom is 0.302 e. The van der Waals surface area contributed by atoms with E-state index >= 15 is 0 Å². The second-order valence-electron chi connectivity index (χ2n) is 2.42. The Morgan fingerprint density at radius 2 is 2.18 bits per heavy atom. The van der Waals surface area contributed by atoms with Crippen LogP contribution in [0.3, 0.4) is 0 Å². The number of hydrogen-bond acceptors (Lipinski definition) is 2. The monoisotopic (exact) mass is 156 g/mol. The highest BCUT2D eigenvalue weighted by Crippen LogP contribution is 1.94. The normalized spacial score (nSPS) is 10.4. The molecule has 0 rings (SSSR count). The fraction of sp³-hybridized carbons (Fsp3) is 0.667. The van der Waals surface area contributed by atoms with Gasteiger partial charge < -0.3 is 4.74 Å². The summed E-state index contributed by atoms with van der Waals surface area (Å²) in [6.45, 7) is 3.98. The standard InChI is InChI=1S/C9H16O2/c1-3-4-5-6-7-8-11-9(2)10/h6-7H,3-5,8H2,1-2H3/b7-6-. The van der Waals surface area contributed by atoms with Crippen molar-refractivity contribution in [2.75, 3.05) is 6.61 Å². The highest BCUT2D eigenvalue weighted by Gasteiger charge is 1.85. The second kappa shape index (κ2) is 7.32. The molecule has 2 nitrogen and oxygen atoms in total. The lowest BCUT2D eigenvalue weighted by atomic mass is 10.2. The number of allylic oxidation sites excluding steroid dienone is 1. The Bertz CT molecular complexity index is 128. The van der Waals surface area contributed by atoms with Crippen LogP contribution in [-0.4, -0.2) is 12.6 Å². The predicted molar refractivity (Wildman–Crippen MR) is 45.3 cm³/mol. The largest absolute Gasteiger partial charge is 0.462 e. The molecule has 0 saturated carbocycles. The van der Waals surface area contributed by atoms with E-state index in [-0.39, 0.29) is 5.97 Å². The van der Waals surface area contributed by atoms with Gasteiger partial charge in [0.25, 0.3) is 0 Å². The molecule has 0 aromatic carbocycles. The zero-order valence-electron chi connectivity index (χ0n) is 7.30. The number of carbonyl (C=O) groups excluding carboxylic acids is 1. The molecular weight excluding hydrogens is 140 g/mol. The maximum atomic E-state index is 10.3. The Kier molecular flexibility index (Phi) is 6.79. The SMILES string of the molecule is CCCC/C=C\COC(C)=O. The fourth-order valence-electron chi connectivity index (χ4n) is 0.673. The van der Waals surface area contributed by atoms with Crippen molar-refractivity contribution in [1.82, 2.24) is 0 Å². The molecule has 64 valence electrons. The molecule has 0 fully saturated rings. The van der Waals surface area contributed by atoms with Crippen LogP contribution in [0.25, 0.3) is 0 Å². The molecule has 2 heteroatoms. The van der Waals surface area contributed by atoms with Crippen LogP contribution < -0.4 is 0 Å². The van der Waals surface area contributed by atoms with Crippen molar-refractivity contribution in [3.8, 4) is 0 Å². The summed E-state index contributed by atoms with van der Waals surface area (Å²) >= 11 is 0. The highest BCUT2D eigenvalue weighted by atomic mass is 16.5. The minimum atomic E-state index is -0.217. The van der Waals surface area contributed by atoms with Gasteiger partial charge in [0.05, 0.1) is 0 Å². The van der Waals surface area contributed by atoms with Crippen LogP contribution in [0, 0.1) is 0 Å². The van der Waals surface area contributed by atoms with E-state index in [0.29, 0.717) is 6.61 Å². The van der Waals surface area contributed by atoms with Crippen molar-refractivity contribution in [2.24, 2.45) is 0 Å². The zero-order valence-corrected chi connectivity index (χ0v) is 7.30. The lowest BCUT2D eigenvalue weighted by Gasteiger charge is -1.94. The number of rotatable bonds is 5. The first-order valence-corrected chi connectivity index (χ1v) is 4.05. The molecule has 11 heavy (non-hydrogen) atoms. The van der Waals surface area contributed by atoms with Crippen LogP contribution in [0.15, 0.2) is 12.2 Å². The van der Waals surface area contributed by atoms with Crippen LogP contribution in [0.5, 0.6) is 0 Å². The van der Waals surface area contributed by atoms with Crippen molar-refractivity contribution < 1.29 is 9.53 Å². The third-order valence-electron chi connectivity index (χ3n) is 1.27. The summed E-state index contributed by atoms with van der Waals surface area (Å²) in [6.07, 6.45) is 7.43. The number of esters is 1. The molecule has 0 saturated heterocycles. The summed E-state index contributed by atoms with van der Waals surface area (Å²) in [4.78, 5) is 10.3. The number of unbranched alkanes of at least 4 members (excludes halogenated alkanes) is 2. The van der Waals surface area contributed by atoms with Crippen LogP contribution in [-0.2, 0) is 9.53 Å². The van der Waals surface area contributed by atoms with Crippen molar-refractivity contribution in [2.45, 2.75) is 33.1 Å². The summed E-state index contributed by atoms with van der Waals surface area (Å²) in [5.41, 5.74) is 0. The Balaban J connectivity index is 3.10. The van der Waals surface area contributed by atoms with Gasteiger partial charge in [0.2, 0.25) is 0 Å². The predicted octanol–water partition coefficient (Wildman–Crippen LogP) is 2.30. The molecule has 0 aliphatic rings. The Hall–Kier alpha value is -0.790. The molecule has 0 amide bonds. The van der Waals surface area contributed by atoms with E-state index in [0.717, 1.165) is 6.42 Å². The smallest absolute Gasteiger partial charge is 0.302 e. The van der Waals surface area contributed by atoms with Gasteiger partial charge in [0, 0.05) is 6.92 Å². The summed E-state index contributed by atoms with van der Waals surface area (Å²) in [6, 6.07) is 0. The van der Waals surface area contributed by atoms with E-state index in [4.69, 9.17) is 4.74 Å². The summed E-state index contributed by atoms with van der Waals surface area (Å²) in [5.74, 6) is -0.217. The Labute approximate surface area is 68.2 Å². The number of carbonyl (C=O) groups is 1. The van der Waals surface area contributed by atoms with Gasteiger partial charge in [-0.15, -0.1) is 0 Å². The van der Waals surface area contributed by atoms with Crippen molar-refractivity contribution >= 4 is 5.97 Å². The van der Waals surface area contributed by atoms with Crippen molar-refractivity contribution in [3.05, 3.63) is 12.2 Å². The third kappa shape index (κ3) is 9.21. The minimum Gasteiger partial charge on any atom is -0.462 e. The van der Waals surface area contributed by atoms with Gasteiger partial charge in [-0.05, 0) is 6.42 Å². The van der Waals surface area contributed by atoms with E-state index in [9.17, 15) is 4.79 Å². The van der Waals surface area contributed by atoms with Crippen molar-refractivity contribution in [3.63, 3.8) is 0 Å². The summed E-state index contributed by atoms with van der Waals surface area (Å²) < 4.78 is 4.70. The lowest BCUT2D eigenvalue weighted by molar-refractivity contribution is -0.139. The molecule has 0 heterocycles. The van der Waals surface area contributed by atoms with Crippen LogP contribution in [0.2, 0.25) is 0 Å². The van der Waals surface area contributed by atoms with Gasteiger partial charge in [-0.25, -0.2) is 0 Å². The van der Waals surface area contributed by atoms with Gasteiger partial charge >= 0.3 is 5.97 Å². The van der Waals surface area contributed by atoms with Crippen LogP contribution in [0.4, 0.5) is 0 Å². The molecule has 0 unspecified atom stereocenters. The van der Waals surface area contributed by atoms with Gasteiger partial charge in [0.15, 0.2) is 0 Å². The first-order chi connectivity index (χ1) is 5.27. The first kappa shape index (κ1) is 10.2. The van der Waals surface area contributed by atoms with E-state index < -0.39 is 0 Å². The molecule has 0 aliphatic heterocycles.